The summed E-state index contributed by atoms with van der Waals surface area (Å²) in [6.07, 6.45) is 27.1. The molecule has 0 aliphatic heterocycles. The molecule has 0 aromatic rings. The van der Waals surface area contributed by atoms with Gasteiger partial charge in [-0.25, -0.2) is 4.57 Å². The third kappa shape index (κ3) is 29.0. The second kappa shape index (κ2) is 37.0. The molecular formula is C47H90NO12P. The first-order valence-electron chi connectivity index (χ1n) is 24.4. The maximum atomic E-state index is 13.0. The first-order valence-corrected chi connectivity index (χ1v) is 25.9. The summed E-state index contributed by atoms with van der Waals surface area (Å²) in [5.41, 5.74) is 0. The third-order valence-electron chi connectivity index (χ3n) is 11.8. The summed E-state index contributed by atoms with van der Waals surface area (Å²) in [5.74, 6) is -0.602. The van der Waals surface area contributed by atoms with Gasteiger partial charge in [-0.05, 0) is 32.1 Å². The van der Waals surface area contributed by atoms with Gasteiger partial charge in [0, 0.05) is 0 Å². The number of phosphoric ester groups is 1. The zero-order valence-electron chi connectivity index (χ0n) is 38.1. The number of amides is 1. The van der Waals surface area contributed by atoms with Crippen LogP contribution in [0.5, 0.6) is 0 Å². The fourth-order valence-electron chi connectivity index (χ4n) is 7.79. The molecule has 1 saturated carbocycles. The molecule has 0 spiro atoms. The highest BCUT2D eigenvalue weighted by Crippen LogP contribution is 2.47. The Labute approximate surface area is 369 Å². The predicted octanol–water partition coefficient (Wildman–Crippen LogP) is 8.37. The standard InChI is InChI=1S/C47H90NO12P/c1-3-5-7-9-11-13-15-16-17-18-19-20-21-22-23-24-25-27-29-31-33-35-40(50)39(37-59-61(57,58)60-47-45(55)43(53)42(52)44(54)46(47)56)48-41(51)36-38(49)34-32-30-28-26-14-12-10-8-6-4-2/h25,27,33,35,38-40,42-47,49-50,52-56H,3-24,26,28-32,34,36-37H2,1-2H3,(H,48,51)(H,57,58)/b27-25+,35-33+. The Morgan fingerprint density at radius 2 is 0.967 bits per heavy atom. The molecule has 1 fully saturated rings. The zero-order chi connectivity index (χ0) is 45.1. The van der Waals surface area contributed by atoms with Crippen LogP contribution in [-0.4, -0.2) is 108 Å². The average Bonchev–Trinajstić information content (AvgIpc) is 3.23. The van der Waals surface area contributed by atoms with Crippen molar-refractivity contribution in [2.75, 3.05) is 6.61 Å². The van der Waals surface area contributed by atoms with E-state index in [0.717, 1.165) is 44.9 Å². The van der Waals surface area contributed by atoms with Gasteiger partial charge in [-0.2, -0.15) is 0 Å². The van der Waals surface area contributed by atoms with E-state index in [1.165, 1.54) is 134 Å². The molecule has 13 nitrogen and oxygen atoms in total. The Morgan fingerprint density at radius 1 is 0.574 bits per heavy atom. The van der Waals surface area contributed by atoms with Gasteiger partial charge in [0.2, 0.25) is 5.91 Å². The molecule has 0 bridgehead atoms. The van der Waals surface area contributed by atoms with Crippen molar-refractivity contribution in [2.24, 2.45) is 0 Å². The van der Waals surface area contributed by atoms with E-state index >= 15 is 0 Å². The lowest BCUT2D eigenvalue weighted by atomic mass is 9.85. The smallest absolute Gasteiger partial charge is 0.393 e. The van der Waals surface area contributed by atoms with Crippen LogP contribution >= 0.6 is 7.82 Å². The summed E-state index contributed by atoms with van der Waals surface area (Å²) < 4.78 is 22.9. The van der Waals surface area contributed by atoms with Gasteiger partial charge >= 0.3 is 7.82 Å². The van der Waals surface area contributed by atoms with Crippen molar-refractivity contribution in [3.63, 3.8) is 0 Å². The number of aliphatic hydroxyl groups is 7. The second-order valence-electron chi connectivity index (χ2n) is 17.5. The van der Waals surface area contributed by atoms with Crippen molar-refractivity contribution >= 4 is 13.7 Å². The van der Waals surface area contributed by atoms with Crippen LogP contribution in [0.1, 0.15) is 206 Å². The first-order chi connectivity index (χ1) is 29.3. The van der Waals surface area contributed by atoms with E-state index in [9.17, 15) is 50.0 Å². The minimum atomic E-state index is -5.15. The molecule has 360 valence electrons. The Balaban J connectivity index is 2.52. The molecule has 8 unspecified atom stereocenters. The Morgan fingerprint density at radius 3 is 1.44 bits per heavy atom. The van der Waals surface area contributed by atoms with E-state index in [0.29, 0.717) is 12.8 Å². The van der Waals surface area contributed by atoms with Crippen LogP contribution < -0.4 is 5.32 Å². The number of rotatable bonds is 40. The molecule has 0 aromatic carbocycles. The maximum absolute atomic E-state index is 13.0. The Bertz CT molecular complexity index is 1140. The lowest BCUT2D eigenvalue weighted by Crippen LogP contribution is -2.64. The quantitative estimate of drug-likeness (QED) is 0.0161. The monoisotopic (exact) mass is 892 g/mol. The summed E-state index contributed by atoms with van der Waals surface area (Å²) in [5, 5.41) is 74.4. The minimum Gasteiger partial charge on any atom is -0.393 e. The number of phosphoric acid groups is 1. The Kier molecular flexibility index (Phi) is 35.1. The van der Waals surface area contributed by atoms with Crippen molar-refractivity contribution in [2.45, 2.75) is 261 Å². The van der Waals surface area contributed by atoms with Crippen LogP contribution in [0.15, 0.2) is 24.3 Å². The summed E-state index contributed by atoms with van der Waals surface area (Å²) in [4.78, 5) is 23.4. The minimum absolute atomic E-state index is 0.250. The average molecular weight is 892 g/mol. The van der Waals surface area contributed by atoms with Gasteiger partial charge in [-0.15, -0.1) is 0 Å². The van der Waals surface area contributed by atoms with Gasteiger partial charge in [-0.3, -0.25) is 13.8 Å². The van der Waals surface area contributed by atoms with Crippen molar-refractivity contribution in [1.29, 1.82) is 0 Å². The van der Waals surface area contributed by atoms with Crippen molar-refractivity contribution < 1.29 is 59.0 Å². The Hall–Kier alpha value is -1.22. The van der Waals surface area contributed by atoms with E-state index in [4.69, 9.17) is 9.05 Å². The molecule has 8 atom stereocenters. The summed E-state index contributed by atoms with van der Waals surface area (Å²) in [6.45, 7) is 3.72. The van der Waals surface area contributed by atoms with Crippen molar-refractivity contribution in [1.82, 2.24) is 5.32 Å². The first kappa shape index (κ1) is 57.8. The van der Waals surface area contributed by atoms with Crippen LogP contribution in [0.25, 0.3) is 0 Å². The molecule has 9 N–H and O–H groups in total. The topological polar surface area (TPSA) is 226 Å². The number of carbonyl (C=O) groups excluding carboxylic acids is 1. The molecule has 0 radical (unpaired) electrons. The molecule has 0 saturated heterocycles. The van der Waals surface area contributed by atoms with Crippen LogP contribution in [0.2, 0.25) is 0 Å². The van der Waals surface area contributed by atoms with Crippen molar-refractivity contribution in [3.05, 3.63) is 24.3 Å². The third-order valence-corrected chi connectivity index (χ3v) is 12.8. The predicted molar refractivity (Wildman–Crippen MR) is 243 cm³/mol. The number of carbonyl (C=O) groups is 1. The zero-order valence-corrected chi connectivity index (χ0v) is 39.0. The van der Waals surface area contributed by atoms with Crippen molar-refractivity contribution in [3.8, 4) is 0 Å². The van der Waals surface area contributed by atoms with Gasteiger partial charge in [0.1, 0.15) is 36.6 Å². The van der Waals surface area contributed by atoms with E-state index in [1.54, 1.807) is 6.08 Å². The lowest BCUT2D eigenvalue weighted by molar-refractivity contribution is -0.220. The summed E-state index contributed by atoms with van der Waals surface area (Å²) in [6, 6.07) is -1.25. The molecule has 1 aliphatic carbocycles. The van der Waals surface area contributed by atoms with Gasteiger partial charge in [-0.1, -0.05) is 192 Å². The van der Waals surface area contributed by atoms with Gasteiger partial charge < -0.3 is 46.0 Å². The lowest BCUT2D eigenvalue weighted by Gasteiger charge is -2.41. The second-order valence-corrected chi connectivity index (χ2v) is 18.9. The number of hydrogen-bond acceptors (Lipinski definition) is 11. The van der Waals surface area contributed by atoms with E-state index in [-0.39, 0.29) is 6.42 Å². The molecule has 14 heteroatoms. The summed E-state index contributed by atoms with van der Waals surface area (Å²) in [7, 11) is -5.15. The molecule has 0 heterocycles. The van der Waals surface area contributed by atoms with Crippen LogP contribution in [0.3, 0.4) is 0 Å². The molecule has 1 amide bonds. The maximum Gasteiger partial charge on any atom is 0.472 e. The normalized spacial score (nSPS) is 23.4. The fraction of sp³-hybridized carbons (Fsp3) is 0.894. The van der Waals surface area contributed by atoms with Gasteiger partial charge in [0.25, 0.3) is 0 Å². The molecule has 0 aromatic heterocycles. The van der Waals surface area contributed by atoms with E-state index < -0.39 is 75.2 Å². The highest BCUT2D eigenvalue weighted by Gasteiger charge is 2.51. The number of aliphatic hydroxyl groups excluding tert-OH is 7. The van der Waals surface area contributed by atoms with Crippen LogP contribution in [0, 0.1) is 0 Å². The molecular weight excluding hydrogens is 801 g/mol. The molecule has 1 rings (SSSR count). The highest BCUT2D eigenvalue weighted by atomic mass is 31.2. The van der Waals surface area contributed by atoms with Gasteiger partial charge in [0.15, 0.2) is 0 Å². The molecule has 61 heavy (non-hydrogen) atoms. The number of allylic oxidation sites excluding steroid dienone is 3. The largest absolute Gasteiger partial charge is 0.472 e. The van der Waals surface area contributed by atoms with E-state index in [2.05, 4.69) is 31.3 Å². The fourth-order valence-corrected chi connectivity index (χ4v) is 8.75. The number of nitrogens with one attached hydrogen (secondary N) is 1. The van der Waals surface area contributed by atoms with Crippen LogP contribution in [0.4, 0.5) is 0 Å². The van der Waals surface area contributed by atoms with E-state index in [1.807, 2.05) is 0 Å². The van der Waals surface area contributed by atoms with Gasteiger partial charge in [0.05, 0.1) is 31.3 Å². The molecule has 1 aliphatic rings. The summed E-state index contributed by atoms with van der Waals surface area (Å²) >= 11 is 0. The number of unbranched alkanes of at least 4 members (excludes halogenated alkanes) is 25. The number of hydrogen-bond donors (Lipinski definition) is 9. The van der Waals surface area contributed by atoms with Crippen LogP contribution in [-0.2, 0) is 18.4 Å². The highest BCUT2D eigenvalue weighted by molar-refractivity contribution is 7.47. The SMILES string of the molecule is CCCCCCCCCCCCCCCCC/C=C/CC/C=C/C(O)C(COP(=O)(O)OC1C(O)C(O)C(O)C(O)C1O)NC(=O)CC(O)CCCCCCCCCCCC.